The second-order valence-corrected chi connectivity index (χ2v) is 5.01. The van der Waals surface area contributed by atoms with Crippen LogP contribution in [0.2, 0.25) is 0 Å². The molecular formula is C12H20F3N3O2S. The highest BCUT2D eigenvalue weighted by Gasteiger charge is 2.15. The van der Waals surface area contributed by atoms with Gasteiger partial charge >= 0.3 is 12.1 Å². The molecule has 1 rings (SSSR count). The maximum atomic E-state index is 11.4. The molecule has 1 aromatic rings. The van der Waals surface area contributed by atoms with Crippen LogP contribution >= 0.6 is 11.3 Å². The number of carbonyl (C=O) groups is 1. The van der Waals surface area contributed by atoms with Gasteiger partial charge in [0, 0.05) is 13.1 Å². The molecular weight excluding hydrogens is 307 g/mol. The molecule has 5 nitrogen and oxygen atoms in total. The van der Waals surface area contributed by atoms with Crippen LogP contribution < -0.4 is 0 Å². The van der Waals surface area contributed by atoms with E-state index in [4.69, 9.17) is 4.74 Å². The average molecular weight is 327 g/mol. The van der Waals surface area contributed by atoms with Gasteiger partial charge in [-0.05, 0) is 12.8 Å². The zero-order valence-corrected chi connectivity index (χ0v) is 12.4. The van der Waals surface area contributed by atoms with Gasteiger partial charge in [0.15, 0.2) is 0 Å². The third-order valence-electron chi connectivity index (χ3n) is 1.38. The molecule has 0 aliphatic heterocycles. The maximum absolute atomic E-state index is 11.4. The number of aliphatic imine (C=N–C) groups is 1. The van der Waals surface area contributed by atoms with E-state index in [1.807, 2.05) is 13.8 Å². The largest absolute Gasteiger partial charge is 0.460 e. The Morgan fingerprint density at radius 2 is 1.95 bits per heavy atom. The summed E-state index contributed by atoms with van der Waals surface area (Å²) < 4.78 is 36.1. The Bertz CT molecular complexity index is 439. The summed E-state index contributed by atoms with van der Waals surface area (Å²) in [6.45, 7) is 6.30. The quantitative estimate of drug-likeness (QED) is 0.611. The fourth-order valence-corrected chi connectivity index (χ4v) is 1.40. The number of carbonyl (C=O) groups excluding carboxylic acids is 1. The molecule has 0 saturated heterocycles. The van der Waals surface area contributed by atoms with Crippen molar-refractivity contribution >= 4 is 28.7 Å². The average Bonchev–Trinajstić information content (AvgIpc) is 2.72. The highest BCUT2D eigenvalue weighted by atomic mass is 32.1. The number of hydrogen-bond donors (Lipinski definition) is 0. The molecule has 1 aromatic heterocycles. The monoisotopic (exact) mass is 327 g/mol. The fourth-order valence-electron chi connectivity index (χ4n) is 0.765. The van der Waals surface area contributed by atoms with Gasteiger partial charge in [-0.3, -0.25) is 0 Å². The minimum Gasteiger partial charge on any atom is -0.460 e. The molecule has 0 radical (unpaired) electrons. The Kier molecular flexibility index (Phi) is 10.6. The van der Waals surface area contributed by atoms with Crippen molar-refractivity contribution in [3.63, 3.8) is 0 Å². The van der Waals surface area contributed by atoms with Crippen molar-refractivity contribution in [3.05, 3.63) is 5.01 Å². The lowest BCUT2D eigenvalue weighted by molar-refractivity contribution is -0.110. The molecule has 0 amide bonds. The summed E-state index contributed by atoms with van der Waals surface area (Å²) in [4.78, 5) is 15.3. The lowest BCUT2D eigenvalue weighted by Crippen LogP contribution is -2.09. The zero-order chi connectivity index (χ0) is 15.8. The second kappa shape index (κ2) is 10.3. The third-order valence-corrected chi connectivity index (χ3v) is 2.19. The van der Waals surface area contributed by atoms with E-state index in [1.165, 1.54) is 0 Å². The van der Waals surface area contributed by atoms with E-state index in [9.17, 15) is 18.0 Å². The number of halogens is 3. The van der Waals surface area contributed by atoms with Crippen LogP contribution in [-0.4, -0.2) is 35.2 Å². The summed E-state index contributed by atoms with van der Waals surface area (Å²) in [5.74, 6) is -0.117. The summed E-state index contributed by atoms with van der Waals surface area (Å²) in [6.07, 6.45) is -2.40. The SMILES string of the molecule is C.CC(F)(F)F.CC=Nc1nnc(C(=O)OCC(C)C)s1. The first-order chi connectivity index (χ1) is 9.13. The summed E-state index contributed by atoms with van der Waals surface area (Å²) in [6, 6.07) is 0. The van der Waals surface area contributed by atoms with Gasteiger partial charge in [-0.25, -0.2) is 9.79 Å². The first kappa shape index (κ1) is 21.8. The van der Waals surface area contributed by atoms with Crippen molar-refractivity contribution in [2.75, 3.05) is 6.61 Å². The number of aromatic nitrogens is 2. The fraction of sp³-hybridized carbons (Fsp3) is 0.667. The van der Waals surface area contributed by atoms with E-state index >= 15 is 0 Å². The molecule has 0 aliphatic carbocycles. The van der Waals surface area contributed by atoms with Gasteiger partial charge in [0.1, 0.15) is 0 Å². The molecule has 0 spiro atoms. The summed E-state index contributed by atoms with van der Waals surface area (Å²) in [5, 5.41) is 8.13. The molecule has 122 valence electrons. The van der Waals surface area contributed by atoms with Crippen LogP contribution in [0.1, 0.15) is 44.9 Å². The van der Waals surface area contributed by atoms with Crippen molar-refractivity contribution in [3.8, 4) is 0 Å². The Morgan fingerprint density at radius 3 is 2.38 bits per heavy atom. The predicted molar refractivity (Wildman–Crippen MR) is 77.3 cm³/mol. The number of esters is 1. The summed E-state index contributed by atoms with van der Waals surface area (Å²) in [7, 11) is 0. The van der Waals surface area contributed by atoms with Gasteiger partial charge < -0.3 is 4.74 Å². The number of alkyl halides is 3. The highest BCUT2D eigenvalue weighted by molar-refractivity contribution is 7.16. The van der Waals surface area contributed by atoms with Crippen molar-refractivity contribution in [2.45, 2.75) is 41.3 Å². The van der Waals surface area contributed by atoms with Gasteiger partial charge in [-0.15, -0.1) is 10.2 Å². The van der Waals surface area contributed by atoms with Crippen LogP contribution in [-0.2, 0) is 4.74 Å². The standard InChI is InChI=1S/C9H13N3O2S.C2H3F3.CH4/c1-4-10-9-12-11-7(15-9)8(13)14-5-6(2)3;1-2(3,4)5;/h4,6H,5H2,1-3H3;1H3;1H4. The van der Waals surface area contributed by atoms with E-state index < -0.39 is 12.1 Å². The Morgan fingerprint density at radius 1 is 1.43 bits per heavy atom. The summed E-state index contributed by atoms with van der Waals surface area (Å²) in [5.41, 5.74) is 0. The van der Waals surface area contributed by atoms with Crippen LogP contribution in [0.3, 0.4) is 0 Å². The highest BCUT2D eigenvalue weighted by Crippen LogP contribution is 2.18. The molecule has 0 atom stereocenters. The van der Waals surface area contributed by atoms with E-state index in [2.05, 4.69) is 15.2 Å². The van der Waals surface area contributed by atoms with Crippen LogP contribution in [0.4, 0.5) is 18.3 Å². The number of nitrogens with zero attached hydrogens (tertiary/aromatic N) is 3. The van der Waals surface area contributed by atoms with Crippen LogP contribution in [0.25, 0.3) is 0 Å². The Hall–Kier alpha value is -1.51. The lowest BCUT2D eigenvalue weighted by atomic mass is 10.2. The van der Waals surface area contributed by atoms with Gasteiger partial charge in [-0.2, -0.15) is 13.2 Å². The van der Waals surface area contributed by atoms with Crippen LogP contribution in [0.5, 0.6) is 0 Å². The Labute approximate surface area is 126 Å². The number of rotatable bonds is 4. The first-order valence-electron chi connectivity index (χ1n) is 5.69. The van der Waals surface area contributed by atoms with E-state index in [0.29, 0.717) is 17.7 Å². The first-order valence-corrected chi connectivity index (χ1v) is 6.51. The maximum Gasteiger partial charge on any atom is 0.386 e. The van der Waals surface area contributed by atoms with Crippen LogP contribution in [0, 0.1) is 5.92 Å². The molecule has 0 N–H and O–H groups in total. The lowest BCUT2D eigenvalue weighted by Gasteiger charge is -2.03. The molecule has 0 unspecified atom stereocenters. The molecule has 0 bridgehead atoms. The molecule has 0 aromatic carbocycles. The molecule has 0 saturated carbocycles. The van der Waals surface area contributed by atoms with Crippen LogP contribution in [0.15, 0.2) is 4.99 Å². The molecule has 0 aliphatic rings. The molecule has 21 heavy (non-hydrogen) atoms. The number of ether oxygens (including phenoxy) is 1. The normalized spacial score (nSPS) is 10.9. The Balaban J connectivity index is 0. The van der Waals surface area contributed by atoms with E-state index in [-0.39, 0.29) is 19.4 Å². The topological polar surface area (TPSA) is 64.4 Å². The van der Waals surface area contributed by atoms with Gasteiger partial charge in [0.2, 0.25) is 10.1 Å². The van der Waals surface area contributed by atoms with Crippen molar-refractivity contribution < 1.29 is 22.7 Å². The zero-order valence-electron chi connectivity index (χ0n) is 11.6. The predicted octanol–water partition coefficient (Wildman–Crippen LogP) is 4.28. The van der Waals surface area contributed by atoms with Crippen molar-refractivity contribution in [1.29, 1.82) is 0 Å². The van der Waals surface area contributed by atoms with Gasteiger partial charge in [0.05, 0.1) is 6.61 Å². The van der Waals surface area contributed by atoms with E-state index in [1.54, 1.807) is 13.1 Å². The summed E-state index contributed by atoms with van der Waals surface area (Å²) >= 11 is 1.12. The molecule has 9 heteroatoms. The minimum absolute atomic E-state index is 0. The van der Waals surface area contributed by atoms with Crippen molar-refractivity contribution in [2.24, 2.45) is 10.9 Å². The van der Waals surface area contributed by atoms with E-state index in [0.717, 1.165) is 11.3 Å². The third kappa shape index (κ3) is 13.2. The van der Waals surface area contributed by atoms with Gasteiger partial charge in [0.25, 0.3) is 0 Å². The second-order valence-electron chi connectivity index (χ2n) is 4.05. The minimum atomic E-state index is -4.00. The molecule has 1 heterocycles. The number of hydrogen-bond acceptors (Lipinski definition) is 6. The smallest absolute Gasteiger partial charge is 0.386 e. The van der Waals surface area contributed by atoms with Crippen molar-refractivity contribution in [1.82, 2.24) is 10.2 Å². The van der Waals surface area contributed by atoms with Gasteiger partial charge in [-0.1, -0.05) is 32.6 Å². The molecule has 0 fully saturated rings.